The average Bonchev–Trinajstić information content (AvgIpc) is 2.70. The molecule has 156 valence electrons. The lowest BCUT2D eigenvalue weighted by molar-refractivity contribution is 0.0939. The number of amides is 1. The third-order valence-corrected chi connectivity index (χ3v) is 7.75. The summed E-state index contributed by atoms with van der Waals surface area (Å²) in [6, 6.07) is 8.50. The van der Waals surface area contributed by atoms with Crippen LogP contribution in [0.4, 0.5) is 0 Å². The Kier molecular flexibility index (Phi) is 6.39. The summed E-state index contributed by atoms with van der Waals surface area (Å²) in [7, 11) is -3.63. The Morgan fingerprint density at radius 2 is 1.90 bits per heavy atom. The third kappa shape index (κ3) is 4.67. The molecule has 0 radical (unpaired) electrons. The molecule has 0 spiro atoms. The quantitative estimate of drug-likeness (QED) is 0.809. The molecule has 1 atom stereocenters. The molecule has 1 fully saturated rings. The minimum absolute atomic E-state index is 0.225. The van der Waals surface area contributed by atoms with Gasteiger partial charge in [-0.3, -0.25) is 9.78 Å². The van der Waals surface area contributed by atoms with E-state index in [9.17, 15) is 13.2 Å². The molecule has 3 rings (SSSR count). The summed E-state index contributed by atoms with van der Waals surface area (Å²) in [6.07, 6.45) is 3.40. The highest BCUT2D eigenvalue weighted by Gasteiger charge is 2.30. The summed E-state index contributed by atoms with van der Waals surface area (Å²) in [5.74, 6) is 0.226. The molecule has 1 aromatic heterocycles. The summed E-state index contributed by atoms with van der Waals surface area (Å²) in [6.45, 7) is 8.68. The molecule has 0 saturated carbocycles. The van der Waals surface area contributed by atoms with E-state index in [4.69, 9.17) is 0 Å². The molecule has 2 aromatic rings. The van der Waals surface area contributed by atoms with Crippen LogP contribution in [0.5, 0.6) is 0 Å². The van der Waals surface area contributed by atoms with Gasteiger partial charge < -0.3 is 5.32 Å². The van der Waals surface area contributed by atoms with Gasteiger partial charge in [-0.05, 0) is 74.9 Å². The number of aromatic nitrogens is 1. The largest absolute Gasteiger partial charge is 0.344 e. The average molecular weight is 416 g/mol. The van der Waals surface area contributed by atoms with Crippen molar-refractivity contribution in [1.82, 2.24) is 14.6 Å². The van der Waals surface area contributed by atoms with Gasteiger partial charge in [-0.2, -0.15) is 4.31 Å². The highest BCUT2D eigenvalue weighted by Crippen LogP contribution is 2.28. The molecule has 1 aromatic carbocycles. The molecule has 7 heteroatoms. The molecule has 0 aliphatic carbocycles. The Balaban J connectivity index is 1.88. The van der Waals surface area contributed by atoms with Crippen LogP contribution in [-0.4, -0.2) is 36.7 Å². The first-order valence-corrected chi connectivity index (χ1v) is 11.5. The van der Waals surface area contributed by atoms with E-state index in [1.807, 2.05) is 32.0 Å². The molecule has 1 amide bonds. The monoisotopic (exact) mass is 415 g/mol. The van der Waals surface area contributed by atoms with E-state index in [2.05, 4.69) is 17.2 Å². The van der Waals surface area contributed by atoms with Gasteiger partial charge >= 0.3 is 0 Å². The van der Waals surface area contributed by atoms with Crippen molar-refractivity contribution in [2.75, 3.05) is 13.1 Å². The molecule has 1 N–H and O–H groups in total. The smallest absolute Gasteiger partial charge is 0.251 e. The second-order valence-corrected chi connectivity index (χ2v) is 9.86. The number of aryl methyl sites for hydroxylation is 1. The molecule has 2 heterocycles. The van der Waals surface area contributed by atoms with Crippen molar-refractivity contribution in [3.8, 4) is 0 Å². The van der Waals surface area contributed by atoms with Crippen LogP contribution in [0.25, 0.3) is 0 Å². The number of nitrogens with one attached hydrogen (secondary N) is 1. The summed E-state index contributed by atoms with van der Waals surface area (Å²) in [4.78, 5) is 17.3. The maximum atomic E-state index is 13.3. The van der Waals surface area contributed by atoms with E-state index in [1.165, 1.54) is 6.07 Å². The van der Waals surface area contributed by atoms with Gasteiger partial charge in [0, 0.05) is 24.8 Å². The van der Waals surface area contributed by atoms with Gasteiger partial charge in [-0.25, -0.2) is 8.42 Å². The topological polar surface area (TPSA) is 79.4 Å². The van der Waals surface area contributed by atoms with Crippen LogP contribution in [0, 0.1) is 19.8 Å². The fourth-order valence-corrected chi connectivity index (χ4v) is 5.37. The van der Waals surface area contributed by atoms with E-state index >= 15 is 0 Å². The number of hydrogen-bond donors (Lipinski definition) is 1. The number of pyridine rings is 1. The van der Waals surface area contributed by atoms with E-state index in [0.29, 0.717) is 30.1 Å². The molecule has 1 aliphatic heterocycles. The van der Waals surface area contributed by atoms with Crippen molar-refractivity contribution in [2.45, 2.75) is 51.5 Å². The molecule has 1 saturated heterocycles. The van der Waals surface area contributed by atoms with Gasteiger partial charge in [-0.1, -0.05) is 13.0 Å². The summed E-state index contributed by atoms with van der Waals surface area (Å²) in [5.41, 5.74) is 2.57. The summed E-state index contributed by atoms with van der Waals surface area (Å²) in [5, 5.41) is 2.91. The van der Waals surface area contributed by atoms with Crippen LogP contribution in [-0.2, 0) is 10.0 Å². The molecule has 1 unspecified atom stereocenters. The van der Waals surface area contributed by atoms with Crippen molar-refractivity contribution < 1.29 is 13.2 Å². The maximum Gasteiger partial charge on any atom is 0.251 e. The Morgan fingerprint density at radius 3 is 2.52 bits per heavy atom. The fourth-order valence-electron chi connectivity index (χ4n) is 3.58. The number of carbonyl (C=O) groups excluding carboxylic acids is 1. The van der Waals surface area contributed by atoms with Crippen LogP contribution in [0.1, 0.15) is 59.9 Å². The summed E-state index contributed by atoms with van der Waals surface area (Å²) >= 11 is 0. The third-order valence-electron chi connectivity index (χ3n) is 5.72. The fraction of sp³-hybridized carbons (Fsp3) is 0.455. The Hall–Kier alpha value is -2.25. The van der Waals surface area contributed by atoms with Crippen molar-refractivity contribution >= 4 is 15.9 Å². The Bertz CT molecular complexity index is 982. The molecule has 0 bridgehead atoms. The SMILES string of the molecule is Cc1cc(C(=O)NC(C)c2ccccn2)cc(S(=O)(=O)N2CCC(C)CC2)c1C. The Morgan fingerprint density at radius 1 is 1.21 bits per heavy atom. The van der Waals surface area contributed by atoms with Crippen LogP contribution >= 0.6 is 0 Å². The first-order chi connectivity index (χ1) is 13.7. The van der Waals surface area contributed by atoms with E-state index in [0.717, 1.165) is 24.1 Å². The predicted molar refractivity (Wildman–Crippen MR) is 113 cm³/mol. The second kappa shape index (κ2) is 8.63. The number of hydrogen-bond acceptors (Lipinski definition) is 4. The van der Waals surface area contributed by atoms with Crippen molar-refractivity contribution in [2.24, 2.45) is 5.92 Å². The van der Waals surface area contributed by atoms with E-state index in [1.54, 1.807) is 23.5 Å². The van der Waals surface area contributed by atoms with Crippen LogP contribution in [0.2, 0.25) is 0 Å². The molecule has 1 aliphatic rings. The highest BCUT2D eigenvalue weighted by molar-refractivity contribution is 7.89. The molecular weight excluding hydrogens is 386 g/mol. The van der Waals surface area contributed by atoms with Gasteiger partial charge in [0.2, 0.25) is 10.0 Å². The first-order valence-electron chi connectivity index (χ1n) is 10.0. The number of benzene rings is 1. The van der Waals surface area contributed by atoms with Crippen molar-refractivity contribution in [1.29, 1.82) is 0 Å². The number of sulfonamides is 1. The van der Waals surface area contributed by atoms with E-state index < -0.39 is 10.0 Å². The lowest BCUT2D eigenvalue weighted by Gasteiger charge is -2.30. The molecular formula is C22H29N3O3S. The number of nitrogens with zero attached hydrogens (tertiary/aromatic N) is 2. The van der Waals surface area contributed by atoms with Crippen LogP contribution in [0.15, 0.2) is 41.4 Å². The zero-order valence-electron chi connectivity index (χ0n) is 17.5. The highest BCUT2D eigenvalue weighted by atomic mass is 32.2. The predicted octanol–water partition coefficient (Wildman–Crippen LogP) is 3.61. The lowest BCUT2D eigenvalue weighted by atomic mass is 10.0. The number of carbonyl (C=O) groups is 1. The molecule has 29 heavy (non-hydrogen) atoms. The lowest BCUT2D eigenvalue weighted by Crippen LogP contribution is -2.38. The van der Waals surface area contributed by atoms with Gasteiger partial charge in [0.25, 0.3) is 5.91 Å². The van der Waals surface area contributed by atoms with Gasteiger partial charge in [0.15, 0.2) is 0 Å². The minimum Gasteiger partial charge on any atom is -0.344 e. The molecule has 6 nitrogen and oxygen atoms in total. The standard InChI is InChI=1S/C22H29N3O3S/c1-15-8-11-25(12-9-15)29(27,28)21-14-19(13-16(2)17(21)3)22(26)24-18(4)20-7-5-6-10-23-20/h5-7,10,13-15,18H,8-9,11-12H2,1-4H3,(H,24,26). The zero-order chi connectivity index (χ0) is 21.2. The van der Waals surface area contributed by atoms with Crippen molar-refractivity contribution in [3.05, 3.63) is 58.9 Å². The normalized spacial score (nSPS) is 17.1. The maximum absolute atomic E-state index is 13.3. The van der Waals surface area contributed by atoms with Gasteiger partial charge in [0.1, 0.15) is 0 Å². The van der Waals surface area contributed by atoms with Crippen LogP contribution < -0.4 is 5.32 Å². The summed E-state index contributed by atoms with van der Waals surface area (Å²) < 4.78 is 28.1. The van der Waals surface area contributed by atoms with Crippen molar-refractivity contribution in [3.63, 3.8) is 0 Å². The first kappa shape index (κ1) is 21.5. The minimum atomic E-state index is -3.63. The van der Waals surface area contributed by atoms with E-state index in [-0.39, 0.29) is 16.8 Å². The number of rotatable bonds is 5. The van der Waals surface area contributed by atoms with Gasteiger partial charge in [-0.15, -0.1) is 0 Å². The zero-order valence-corrected chi connectivity index (χ0v) is 18.3. The number of piperidine rings is 1. The Labute approximate surface area is 173 Å². The van der Waals surface area contributed by atoms with Crippen LogP contribution in [0.3, 0.4) is 0 Å². The second-order valence-electron chi connectivity index (χ2n) is 7.95. The van der Waals surface area contributed by atoms with Gasteiger partial charge in [0.05, 0.1) is 16.6 Å².